The van der Waals surface area contributed by atoms with Crippen molar-refractivity contribution < 1.29 is 9.59 Å². The Hall–Kier alpha value is -1.76. The molecule has 0 unspecified atom stereocenters. The van der Waals surface area contributed by atoms with Crippen LogP contribution in [0, 0.1) is 11.8 Å². The molecular formula is C14H18N4O2. The van der Waals surface area contributed by atoms with Crippen molar-refractivity contribution in [3.05, 3.63) is 0 Å². The van der Waals surface area contributed by atoms with Crippen LogP contribution in [0.5, 0.6) is 0 Å². The lowest BCUT2D eigenvalue weighted by Crippen LogP contribution is -2.28. The van der Waals surface area contributed by atoms with Crippen molar-refractivity contribution in [3.63, 3.8) is 0 Å². The quantitative estimate of drug-likeness (QED) is 0.280. The molecule has 0 heterocycles. The Morgan fingerprint density at radius 2 is 1.20 bits per heavy atom. The van der Waals surface area contributed by atoms with Gasteiger partial charge in [0, 0.05) is 13.1 Å². The summed E-state index contributed by atoms with van der Waals surface area (Å²) in [4.78, 5) is 28.0. The molecule has 2 saturated carbocycles. The van der Waals surface area contributed by atoms with Gasteiger partial charge >= 0.3 is 0 Å². The molecule has 0 aromatic heterocycles. The molecule has 0 spiro atoms. The molecule has 0 saturated heterocycles. The van der Waals surface area contributed by atoms with Crippen LogP contribution in [0.25, 0.3) is 0 Å². The summed E-state index contributed by atoms with van der Waals surface area (Å²) in [6.07, 6.45) is 7.04. The van der Waals surface area contributed by atoms with Gasteiger partial charge in [-0.1, -0.05) is 11.8 Å². The molecular weight excluding hydrogens is 256 g/mol. The fraction of sp³-hybridized carbons (Fsp3) is 0.714. The van der Waals surface area contributed by atoms with E-state index in [1.807, 2.05) is 0 Å². The average molecular weight is 274 g/mol. The van der Waals surface area contributed by atoms with Gasteiger partial charge in [0.15, 0.2) is 0 Å². The van der Waals surface area contributed by atoms with Gasteiger partial charge in [0.1, 0.15) is 0 Å². The summed E-state index contributed by atoms with van der Waals surface area (Å²) in [7, 11) is 0. The lowest BCUT2D eigenvalue weighted by Gasteiger charge is -2.06. The van der Waals surface area contributed by atoms with Crippen LogP contribution in [0.3, 0.4) is 0 Å². The van der Waals surface area contributed by atoms with Gasteiger partial charge in [-0.25, -0.2) is 9.59 Å². The number of hydrogen-bond acceptors (Lipinski definition) is 6. The fourth-order valence-corrected chi connectivity index (χ4v) is 1.98. The molecule has 6 nitrogen and oxygen atoms in total. The molecule has 0 amide bonds. The lowest BCUT2D eigenvalue weighted by molar-refractivity contribution is 0.544. The Morgan fingerprint density at radius 3 is 1.50 bits per heavy atom. The molecule has 0 radical (unpaired) electrons. The molecule has 0 aliphatic heterocycles. The van der Waals surface area contributed by atoms with Crippen LogP contribution in [0.15, 0.2) is 9.98 Å². The van der Waals surface area contributed by atoms with E-state index < -0.39 is 0 Å². The second-order valence-electron chi connectivity index (χ2n) is 5.42. The third-order valence-corrected chi connectivity index (χ3v) is 3.68. The molecule has 2 N–H and O–H groups in total. The molecule has 0 aromatic rings. The molecule has 2 fully saturated rings. The second-order valence-corrected chi connectivity index (χ2v) is 5.42. The van der Waals surface area contributed by atoms with E-state index in [-0.39, 0.29) is 11.1 Å². The molecule has 106 valence electrons. The van der Waals surface area contributed by atoms with E-state index in [4.69, 9.17) is 0 Å². The topological polar surface area (TPSA) is 82.9 Å². The Labute approximate surface area is 118 Å². The van der Waals surface area contributed by atoms with Crippen LogP contribution in [0.4, 0.5) is 0 Å². The van der Waals surface area contributed by atoms with E-state index in [1.165, 1.54) is 0 Å². The molecule has 0 atom stereocenters. The number of isocyanates is 2. The van der Waals surface area contributed by atoms with Crippen LogP contribution in [0.2, 0.25) is 0 Å². The molecule has 20 heavy (non-hydrogen) atoms. The summed E-state index contributed by atoms with van der Waals surface area (Å²) < 4.78 is 0. The van der Waals surface area contributed by atoms with E-state index in [0.717, 1.165) is 25.7 Å². The third-order valence-electron chi connectivity index (χ3n) is 3.68. The summed E-state index contributed by atoms with van der Waals surface area (Å²) in [5, 5.41) is 6.34. The molecule has 2 rings (SSSR count). The van der Waals surface area contributed by atoms with Gasteiger partial charge in [0.25, 0.3) is 0 Å². The van der Waals surface area contributed by atoms with Gasteiger partial charge in [-0.3, -0.25) is 0 Å². The third kappa shape index (κ3) is 4.41. The van der Waals surface area contributed by atoms with Crippen LogP contribution < -0.4 is 10.6 Å². The summed E-state index contributed by atoms with van der Waals surface area (Å²) in [6, 6.07) is 0. The van der Waals surface area contributed by atoms with E-state index >= 15 is 0 Å². The van der Waals surface area contributed by atoms with Gasteiger partial charge in [0.05, 0.1) is 24.2 Å². The first-order chi connectivity index (χ1) is 9.74. The van der Waals surface area contributed by atoms with Crippen molar-refractivity contribution in [2.75, 3.05) is 26.2 Å². The zero-order valence-corrected chi connectivity index (χ0v) is 11.4. The largest absolute Gasteiger partial charge is 0.304 e. The second kappa shape index (κ2) is 6.60. The minimum atomic E-state index is -0.202. The first-order valence-electron chi connectivity index (χ1n) is 6.80. The molecule has 0 bridgehead atoms. The van der Waals surface area contributed by atoms with Crippen molar-refractivity contribution in [1.82, 2.24) is 10.6 Å². The first kappa shape index (κ1) is 14.6. The molecule has 0 aromatic carbocycles. The molecule has 6 heteroatoms. The Balaban J connectivity index is 1.53. The summed E-state index contributed by atoms with van der Waals surface area (Å²) >= 11 is 0. The number of rotatable bonds is 8. The highest BCUT2D eigenvalue weighted by molar-refractivity contribution is 5.37. The maximum atomic E-state index is 10.2. The van der Waals surface area contributed by atoms with Crippen molar-refractivity contribution in [2.45, 2.75) is 36.8 Å². The number of nitrogens with zero attached hydrogens (tertiary/aromatic N) is 2. The van der Waals surface area contributed by atoms with E-state index in [2.05, 4.69) is 32.5 Å². The maximum absolute atomic E-state index is 10.2. The molecule has 2 aliphatic carbocycles. The number of nitrogens with one attached hydrogen (secondary N) is 2. The average Bonchev–Trinajstić information content (AvgIpc) is 3.33. The van der Waals surface area contributed by atoms with E-state index in [9.17, 15) is 9.59 Å². The summed E-state index contributed by atoms with van der Waals surface area (Å²) in [5.41, 5.74) is -0.403. The summed E-state index contributed by atoms with van der Waals surface area (Å²) in [6.45, 7) is 2.52. The predicted octanol–water partition coefficient (Wildman–Crippen LogP) is -0.0942. The van der Waals surface area contributed by atoms with Crippen molar-refractivity contribution in [1.29, 1.82) is 0 Å². The Bertz CT molecular complexity index is 455. The highest BCUT2D eigenvalue weighted by Gasteiger charge is 2.43. The number of carbonyl (C=O) groups excluding carboxylic acids is 2. The number of aliphatic imine (C=N–C) groups is 2. The van der Waals surface area contributed by atoms with E-state index in [0.29, 0.717) is 26.2 Å². The van der Waals surface area contributed by atoms with Crippen LogP contribution in [-0.2, 0) is 9.59 Å². The van der Waals surface area contributed by atoms with Gasteiger partial charge in [-0.2, -0.15) is 9.98 Å². The van der Waals surface area contributed by atoms with Gasteiger partial charge in [0.2, 0.25) is 12.2 Å². The Kier molecular flexibility index (Phi) is 4.84. The normalized spacial score (nSPS) is 19.8. The van der Waals surface area contributed by atoms with Gasteiger partial charge in [-0.15, -0.1) is 0 Å². The minimum Gasteiger partial charge on any atom is -0.304 e. The summed E-state index contributed by atoms with van der Waals surface area (Å²) in [5.74, 6) is 5.99. The van der Waals surface area contributed by atoms with Crippen LogP contribution in [-0.4, -0.2) is 49.4 Å². The van der Waals surface area contributed by atoms with Crippen molar-refractivity contribution >= 4 is 12.2 Å². The van der Waals surface area contributed by atoms with Gasteiger partial charge < -0.3 is 10.6 Å². The smallest absolute Gasteiger partial charge is 0.235 e. The zero-order valence-electron chi connectivity index (χ0n) is 11.4. The SMILES string of the molecule is O=C=NC1(CNCC#CCNCC2(N=C=O)CC2)CC1. The fourth-order valence-electron chi connectivity index (χ4n) is 1.98. The van der Waals surface area contributed by atoms with Crippen molar-refractivity contribution in [3.8, 4) is 11.8 Å². The van der Waals surface area contributed by atoms with Crippen LogP contribution >= 0.6 is 0 Å². The number of hydrogen-bond donors (Lipinski definition) is 2. The van der Waals surface area contributed by atoms with Gasteiger partial charge in [-0.05, 0) is 25.7 Å². The standard InChI is InChI=1S/C14H18N4O2/c19-11-17-13(3-4-13)9-15-7-1-2-8-16-10-14(5-6-14)18-12-20/h15-16H,3-10H2. The Morgan fingerprint density at radius 1 is 0.800 bits per heavy atom. The molecule has 2 aliphatic rings. The maximum Gasteiger partial charge on any atom is 0.235 e. The van der Waals surface area contributed by atoms with Crippen LogP contribution in [0.1, 0.15) is 25.7 Å². The first-order valence-corrected chi connectivity index (χ1v) is 6.80. The van der Waals surface area contributed by atoms with E-state index in [1.54, 1.807) is 12.2 Å². The highest BCUT2D eigenvalue weighted by Crippen LogP contribution is 2.38. The minimum absolute atomic E-state index is 0.202. The lowest BCUT2D eigenvalue weighted by atomic mass is 10.3. The van der Waals surface area contributed by atoms with Crippen molar-refractivity contribution in [2.24, 2.45) is 9.98 Å². The monoisotopic (exact) mass is 274 g/mol. The highest BCUT2D eigenvalue weighted by atomic mass is 16.1. The predicted molar refractivity (Wildman–Crippen MR) is 73.7 cm³/mol. The zero-order chi connectivity index (χ0) is 14.3.